The first-order valence-electron chi connectivity index (χ1n) is 9.20. The van der Waals surface area contributed by atoms with Gasteiger partial charge < -0.3 is 20.3 Å². The predicted molar refractivity (Wildman–Crippen MR) is 109 cm³/mol. The van der Waals surface area contributed by atoms with Gasteiger partial charge >= 0.3 is 0 Å². The Hall–Kier alpha value is -2.64. The lowest BCUT2D eigenvalue weighted by atomic mass is 10.2. The highest BCUT2D eigenvalue weighted by Crippen LogP contribution is 2.17. The number of morpholine rings is 1. The molecule has 27 heavy (non-hydrogen) atoms. The van der Waals surface area contributed by atoms with Crippen molar-refractivity contribution in [1.82, 2.24) is 9.88 Å². The summed E-state index contributed by atoms with van der Waals surface area (Å²) in [6.45, 7) is 5.23. The van der Waals surface area contributed by atoms with Crippen molar-refractivity contribution in [2.24, 2.45) is 0 Å². The highest BCUT2D eigenvalue weighted by molar-refractivity contribution is 6.04. The third-order valence-electron chi connectivity index (χ3n) is 4.50. The fourth-order valence-electron chi connectivity index (χ4n) is 2.88. The molecule has 2 aromatic rings. The molecule has 0 saturated carbocycles. The lowest BCUT2D eigenvalue weighted by Crippen LogP contribution is -2.39. The van der Waals surface area contributed by atoms with Crippen LogP contribution in [0.1, 0.15) is 10.4 Å². The second-order valence-corrected chi connectivity index (χ2v) is 6.71. The van der Waals surface area contributed by atoms with Crippen molar-refractivity contribution in [2.75, 3.05) is 69.0 Å². The van der Waals surface area contributed by atoms with Crippen LogP contribution in [0, 0.1) is 0 Å². The molecule has 144 valence electrons. The van der Waals surface area contributed by atoms with E-state index in [1.807, 2.05) is 43.3 Å². The molecule has 3 rings (SSSR count). The van der Waals surface area contributed by atoms with E-state index in [1.54, 1.807) is 18.3 Å². The normalized spacial score (nSPS) is 14.6. The van der Waals surface area contributed by atoms with Crippen LogP contribution in [0.25, 0.3) is 0 Å². The number of hydrogen-bond acceptors (Lipinski definition) is 6. The van der Waals surface area contributed by atoms with E-state index in [-0.39, 0.29) is 5.91 Å². The topological polar surface area (TPSA) is 69.7 Å². The number of amides is 1. The number of hydrogen-bond donors (Lipinski definition) is 2. The van der Waals surface area contributed by atoms with E-state index < -0.39 is 0 Å². The maximum atomic E-state index is 12.5. The molecule has 7 nitrogen and oxygen atoms in total. The second-order valence-electron chi connectivity index (χ2n) is 6.71. The standard InChI is InChI=1S/C20H27N5O2/c1-24(2)18-5-3-17(4-6-18)23-20(26)16-7-8-21-19(15-16)22-9-10-25-11-13-27-14-12-25/h3-8,15H,9-14H2,1-2H3,(H,21,22)(H,23,26). The second kappa shape index (κ2) is 9.34. The van der Waals surface area contributed by atoms with Gasteiger partial charge in [-0.2, -0.15) is 0 Å². The molecule has 1 aliphatic heterocycles. The van der Waals surface area contributed by atoms with Gasteiger partial charge in [-0.25, -0.2) is 4.98 Å². The largest absolute Gasteiger partial charge is 0.379 e. The summed E-state index contributed by atoms with van der Waals surface area (Å²) in [4.78, 5) is 21.2. The number of nitrogens with zero attached hydrogens (tertiary/aromatic N) is 3. The molecule has 0 aliphatic carbocycles. The van der Waals surface area contributed by atoms with Gasteiger partial charge in [-0.3, -0.25) is 9.69 Å². The molecule has 1 aromatic carbocycles. The smallest absolute Gasteiger partial charge is 0.255 e. The maximum absolute atomic E-state index is 12.5. The molecule has 0 atom stereocenters. The van der Waals surface area contributed by atoms with Crippen LogP contribution in [0.4, 0.5) is 17.2 Å². The van der Waals surface area contributed by atoms with Crippen LogP contribution >= 0.6 is 0 Å². The van der Waals surface area contributed by atoms with Crippen molar-refractivity contribution in [1.29, 1.82) is 0 Å². The summed E-state index contributed by atoms with van der Waals surface area (Å²) in [5.41, 5.74) is 2.43. The van der Waals surface area contributed by atoms with E-state index in [2.05, 4.69) is 20.5 Å². The summed E-state index contributed by atoms with van der Waals surface area (Å²) in [6.07, 6.45) is 1.65. The number of aromatic nitrogens is 1. The molecular weight excluding hydrogens is 342 g/mol. The van der Waals surface area contributed by atoms with Crippen LogP contribution in [0.15, 0.2) is 42.6 Å². The van der Waals surface area contributed by atoms with Crippen LogP contribution in [0.5, 0.6) is 0 Å². The number of carbonyl (C=O) groups excluding carboxylic acids is 1. The average Bonchev–Trinajstić information content (AvgIpc) is 2.69. The van der Waals surface area contributed by atoms with Crippen LogP contribution in [-0.4, -0.2) is 69.3 Å². The first-order valence-corrected chi connectivity index (χ1v) is 9.20. The summed E-state index contributed by atoms with van der Waals surface area (Å²) in [5, 5.41) is 6.22. The molecule has 1 aliphatic rings. The van der Waals surface area contributed by atoms with Gasteiger partial charge in [-0.1, -0.05) is 0 Å². The van der Waals surface area contributed by atoms with Crippen molar-refractivity contribution in [3.05, 3.63) is 48.2 Å². The molecule has 1 aromatic heterocycles. The minimum Gasteiger partial charge on any atom is -0.379 e. The van der Waals surface area contributed by atoms with Gasteiger partial charge in [0.15, 0.2) is 0 Å². The first kappa shape index (κ1) is 19.1. The van der Waals surface area contributed by atoms with E-state index in [1.165, 1.54) is 0 Å². The van der Waals surface area contributed by atoms with E-state index in [9.17, 15) is 4.79 Å². The monoisotopic (exact) mass is 369 g/mol. The third kappa shape index (κ3) is 5.67. The number of ether oxygens (including phenoxy) is 1. The quantitative estimate of drug-likeness (QED) is 0.779. The highest BCUT2D eigenvalue weighted by Gasteiger charge is 2.10. The molecular formula is C20H27N5O2. The van der Waals surface area contributed by atoms with Crippen LogP contribution in [0.2, 0.25) is 0 Å². The molecule has 0 radical (unpaired) electrons. The number of benzene rings is 1. The SMILES string of the molecule is CN(C)c1ccc(NC(=O)c2ccnc(NCCN3CCOCC3)c2)cc1. The van der Waals surface area contributed by atoms with Gasteiger partial charge in [-0.05, 0) is 36.4 Å². The van der Waals surface area contributed by atoms with E-state index in [4.69, 9.17) is 4.74 Å². The molecule has 0 spiro atoms. The Bertz CT molecular complexity index is 742. The number of carbonyl (C=O) groups is 1. The van der Waals surface area contributed by atoms with Crippen LogP contribution in [-0.2, 0) is 4.74 Å². The predicted octanol–water partition coefficient (Wildman–Crippen LogP) is 2.14. The lowest BCUT2D eigenvalue weighted by molar-refractivity contribution is 0.0398. The zero-order valence-electron chi connectivity index (χ0n) is 15.9. The summed E-state index contributed by atoms with van der Waals surface area (Å²) in [5.74, 6) is 0.560. The summed E-state index contributed by atoms with van der Waals surface area (Å²) in [7, 11) is 3.97. The van der Waals surface area contributed by atoms with Gasteiger partial charge in [0.25, 0.3) is 5.91 Å². The molecule has 1 amide bonds. The van der Waals surface area contributed by atoms with Crippen molar-refractivity contribution < 1.29 is 9.53 Å². The number of pyridine rings is 1. The van der Waals surface area contributed by atoms with Crippen molar-refractivity contribution >= 4 is 23.1 Å². The molecule has 1 fully saturated rings. The zero-order valence-corrected chi connectivity index (χ0v) is 15.9. The van der Waals surface area contributed by atoms with Gasteiger partial charge in [0.1, 0.15) is 5.82 Å². The Morgan fingerprint density at radius 3 is 2.63 bits per heavy atom. The fourth-order valence-corrected chi connectivity index (χ4v) is 2.88. The minimum atomic E-state index is -0.147. The Morgan fingerprint density at radius 2 is 1.93 bits per heavy atom. The van der Waals surface area contributed by atoms with Crippen molar-refractivity contribution in [3.8, 4) is 0 Å². The summed E-state index contributed by atoms with van der Waals surface area (Å²) in [6, 6.07) is 11.2. The maximum Gasteiger partial charge on any atom is 0.255 e. The van der Waals surface area contributed by atoms with Gasteiger partial charge in [0.2, 0.25) is 0 Å². The lowest BCUT2D eigenvalue weighted by Gasteiger charge is -2.26. The Labute approximate surface area is 160 Å². The molecule has 0 unspecified atom stereocenters. The number of nitrogens with one attached hydrogen (secondary N) is 2. The van der Waals surface area contributed by atoms with Gasteiger partial charge in [-0.15, -0.1) is 0 Å². The molecule has 2 N–H and O–H groups in total. The Balaban J connectivity index is 1.53. The minimum absolute atomic E-state index is 0.147. The molecule has 7 heteroatoms. The molecule has 2 heterocycles. The van der Waals surface area contributed by atoms with Gasteiger partial charge in [0.05, 0.1) is 13.2 Å². The Morgan fingerprint density at radius 1 is 1.19 bits per heavy atom. The highest BCUT2D eigenvalue weighted by atomic mass is 16.5. The third-order valence-corrected chi connectivity index (χ3v) is 4.50. The average molecular weight is 369 g/mol. The van der Waals surface area contributed by atoms with Crippen molar-refractivity contribution in [2.45, 2.75) is 0 Å². The van der Waals surface area contributed by atoms with Crippen LogP contribution < -0.4 is 15.5 Å². The van der Waals surface area contributed by atoms with E-state index in [0.717, 1.165) is 50.8 Å². The van der Waals surface area contributed by atoms with E-state index in [0.29, 0.717) is 11.4 Å². The van der Waals surface area contributed by atoms with Gasteiger partial charge in [0, 0.05) is 63.4 Å². The number of anilines is 3. The van der Waals surface area contributed by atoms with Crippen LogP contribution in [0.3, 0.4) is 0 Å². The number of rotatable bonds is 7. The zero-order chi connectivity index (χ0) is 19.1. The first-order chi connectivity index (χ1) is 13.1. The Kier molecular flexibility index (Phi) is 6.62. The summed E-state index contributed by atoms with van der Waals surface area (Å²) < 4.78 is 5.35. The van der Waals surface area contributed by atoms with Crippen molar-refractivity contribution in [3.63, 3.8) is 0 Å². The molecule has 0 bridgehead atoms. The van der Waals surface area contributed by atoms with E-state index >= 15 is 0 Å². The fraction of sp³-hybridized carbons (Fsp3) is 0.400. The summed E-state index contributed by atoms with van der Waals surface area (Å²) >= 11 is 0. The molecule has 1 saturated heterocycles.